The van der Waals surface area contributed by atoms with Crippen molar-refractivity contribution in [1.82, 2.24) is 20.2 Å². The second-order valence-corrected chi connectivity index (χ2v) is 11.3. The van der Waals surface area contributed by atoms with Crippen molar-refractivity contribution in [3.63, 3.8) is 0 Å². The number of fused-ring (bicyclic) bond motifs is 4. The number of rotatable bonds is 5. The van der Waals surface area contributed by atoms with Crippen molar-refractivity contribution >= 4 is 22.3 Å². The summed E-state index contributed by atoms with van der Waals surface area (Å²) in [6.45, 7) is 5.28. The number of likely N-dealkylation sites (N-methyl/N-ethyl adjacent to an activating group) is 1. The molecule has 0 amide bonds. The van der Waals surface area contributed by atoms with Gasteiger partial charge in [0.15, 0.2) is 0 Å². The van der Waals surface area contributed by atoms with Crippen LogP contribution in [0.25, 0.3) is 10.8 Å². The molecule has 8 heteroatoms. The SMILES string of the molecule is CN1CCC[C@H]1COc1nc2c(c(N3CC4CCC(C3)N4)n1)CCN(c1cccc3cccc(C#N)c13)C2. The standard InChI is InChI=1S/C30H35N7O/c1-35-13-4-8-24(35)19-38-30-33-26-18-36(27-9-3-6-20-5-2-7-21(15-31)28(20)27)14-12-25(26)29(34-30)37-16-22-10-11-23(17-37)32-22/h2-3,5-7,9,22-24,32H,4,8,10-14,16-19H2,1H3/t22?,23?,24-/m0/s1. The van der Waals surface area contributed by atoms with Crippen LogP contribution in [0.5, 0.6) is 6.01 Å². The average molecular weight is 510 g/mol. The van der Waals surface area contributed by atoms with Crippen LogP contribution in [-0.4, -0.2) is 72.8 Å². The molecule has 1 aromatic heterocycles. The fraction of sp³-hybridized carbons (Fsp3) is 0.500. The van der Waals surface area contributed by atoms with E-state index in [9.17, 15) is 5.26 Å². The highest BCUT2D eigenvalue weighted by molar-refractivity contribution is 5.98. The summed E-state index contributed by atoms with van der Waals surface area (Å²) >= 11 is 0. The number of nitrogens with zero attached hydrogens (tertiary/aromatic N) is 6. The summed E-state index contributed by atoms with van der Waals surface area (Å²) in [6.07, 6.45) is 5.73. The highest BCUT2D eigenvalue weighted by Crippen LogP contribution is 2.36. The van der Waals surface area contributed by atoms with Crippen molar-refractivity contribution in [3.8, 4) is 12.1 Å². The highest BCUT2D eigenvalue weighted by atomic mass is 16.5. The highest BCUT2D eigenvalue weighted by Gasteiger charge is 2.35. The zero-order valence-electron chi connectivity index (χ0n) is 22.1. The van der Waals surface area contributed by atoms with Crippen LogP contribution in [0, 0.1) is 11.3 Å². The lowest BCUT2D eigenvalue weighted by molar-refractivity contribution is 0.187. The first-order chi connectivity index (χ1) is 18.7. The van der Waals surface area contributed by atoms with Gasteiger partial charge in [-0.3, -0.25) is 0 Å². The maximum absolute atomic E-state index is 9.83. The topological polar surface area (TPSA) is 80.6 Å². The van der Waals surface area contributed by atoms with E-state index in [4.69, 9.17) is 14.7 Å². The number of nitriles is 1. The average Bonchev–Trinajstić information content (AvgIpc) is 3.53. The minimum atomic E-state index is 0.421. The summed E-state index contributed by atoms with van der Waals surface area (Å²) < 4.78 is 6.31. The third kappa shape index (κ3) is 4.24. The van der Waals surface area contributed by atoms with Crippen molar-refractivity contribution in [2.24, 2.45) is 0 Å². The van der Waals surface area contributed by atoms with E-state index in [1.165, 1.54) is 24.8 Å². The summed E-state index contributed by atoms with van der Waals surface area (Å²) in [7, 11) is 2.17. The molecule has 0 spiro atoms. The van der Waals surface area contributed by atoms with Crippen molar-refractivity contribution in [3.05, 3.63) is 53.2 Å². The van der Waals surface area contributed by atoms with Crippen molar-refractivity contribution < 1.29 is 4.74 Å². The number of piperazine rings is 1. The molecule has 0 saturated carbocycles. The zero-order valence-corrected chi connectivity index (χ0v) is 22.1. The predicted molar refractivity (Wildman–Crippen MR) is 149 cm³/mol. The molecule has 0 aliphatic carbocycles. The third-order valence-corrected chi connectivity index (χ3v) is 8.96. The molecule has 2 aromatic carbocycles. The van der Waals surface area contributed by atoms with Crippen LogP contribution in [0.4, 0.5) is 11.5 Å². The second kappa shape index (κ2) is 9.72. The van der Waals surface area contributed by atoms with Gasteiger partial charge in [0, 0.05) is 54.4 Å². The maximum Gasteiger partial charge on any atom is 0.318 e. The Bertz CT molecular complexity index is 1380. The number of anilines is 2. The minimum absolute atomic E-state index is 0.421. The summed E-state index contributed by atoms with van der Waals surface area (Å²) in [5.74, 6) is 1.07. The van der Waals surface area contributed by atoms with Gasteiger partial charge in [-0.05, 0) is 63.2 Å². The van der Waals surface area contributed by atoms with E-state index < -0.39 is 0 Å². The molecule has 1 N–H and O–H groups in total. The fourth-order valence-electron chi connectivity index (χ4n) is 6.93. The smallest absolute Gasteiger partial charge is 0.318 e. The lowest BCUT2D eigenvalue weighted by Crippen LogP contribution is -2.52. The summed E-state index contributed by atoms with van der Waals surface area (Å²) in [5, 5.41) is 15.7. The van der Waals surface area contributed by atoms with Gasteiger partial charge in [0.05, 0.1) is 23.9 Å². The number of hydrogen-bond donors (Lipinski definition) is 1. The van der Waals surface area contributed by atoms with Gasteiger partial charge in [0.2, 0.25) is 0 Å². The second-order valence-electron chi connectivity index (χ2n) is 11.3. The van der Waals surface area contributed by atoms with Crippen molar-refractivity contribution in [2.45, 2.75) is 56.8 Å². The van der Waals surface area contributed by atoms with Gasteiger partial charge < -0.3 is 24.8 Å². The van der Waals surface area contributed by atoms with Crippen LogP contribution in [0.3, 0.4) is 0 Å². The van der Waals surface area contributed by atoms with Crippen LogP contribution < -0.4 is 19.9 Å². The molecule has 3 atom stereocenters. The van der Waals surface area contributed by atoms with Gasteiger partial charge in [0.25, 0.3) is 0 Å². The molecular weight excluding hydrogens is 474 g/mol. The van der Waals surface area contributed by atoms with Crippen molar-refractivity contribution in [2.75, 3.05) is 49.6 Å². The number of likely N-dealkylation sites (tertiary alicyclic amines) is 1. The Morgan fingerprint density at radius 2 is 1.84 bits per heavy atom. The first kappa shape index (κ1) is 23.7. The Kier molecular flexibility index (Phi) is 6.06. The molecule has 7 rings (SSSR count). The van der Waals surface area contributed by atoms with Gasteiger partial charge in [-0.25, -0.2) is 0 Å². The molecule has 4 aliphatic heterocycles. The first-order valence-corrected chi connectivity index (χ1v) is 14.1. The van der Waals surface area contributed by atoms with E-state index in [-0.39, 0.29) is 0 Å². The molecular formula is C30H35N7O. The van der Waals surface area contributed by atoms with Crippen LogP contribution in [-0.2, 0) is 13.0 Å². The summed E-state index contributed by atoms with van der Waals surface area (Å²) in [6, 6.07) is 16.7. The first-order valence-electron chi connectivity index (χ1n) is 14.1. The molecule has 0 radical (unpaired) electrons. The molecule has 2 unspecified atom stereocenters. The van der Waals surface area contributed by atoms with E-state index >= 15 is 0 Å². The Labute approximate surface area is 224 Å². The predicted octanol–water partition coefficient (Wildman–Crippen LogP) is 3.48. The van der Waals surface area contributed by atoms with E-state index in [0.717, 1.165) is 67.0 Å². The van der Waals surface area contributed by atoms with E-state index in [1.807, 2.05) is 12.1 Å². The van der Waals surface area contributed by atoms with Gasteiger partial charge in [-0.1, -0.05) is 24.3 Å². The van der Waals surface area contributed by atoms with E-state index in [0.29, 0.717) is 42.9 Å². The molecule has 5 heterocycles. The third-order valence-electron chi connectivity index (χ3n) is 8.96. The van der Waals surface area contributed by atoms with Crippen LogP contribution in [0.1, 0.15) is 42.5 Å². The van der Waals surface area contributed by atoms with Gasteiger partial charge >= 0.3 is 6.01 Å². The minimum Gasteiger partial charge on any atom is -0.462 e. The number of hydrogen-bond acceptors (Lipinski definition) is 8. The lowest BCUT2D eigenvalue weighted by Gasteiger charge is -2.37. The molecule has 3 fully saturated rings. The van der Waals surface area contributed by atoms with E-state index in [1.54, 1.807) is 0 Å². The number of nitrogens with one attached hydrogen (secondary N) is 1. The maximum atomic E-state index is 9.83. The van der Waals surface area contributed by atoms with Crippen LogP contribution >= 0.6 is 0 Å². The largest absolute Gasteiger partial charge is 0.462 e. The summed E-state index contributed by atoms with van der Waals surface area (Å²) in [4.78, 5) is 17.3. The van der Waals surface area contributed by atoms with Crippen molar-refractivity contribution in [1.29, 1.82) is 5.26 Å². The lowest BCUT2D eigenvalue weighted by atomic mass is 9.99. The van der Waals surface area contributed by atoms with Gasteiger partial charge in [0.1, 0.15) is 12.4 Å². The Morgan fingerprint density at radius 1 is 1.03 bits per heavy atom. The van der Waals surface area contributed by atoms with E-state index in [2.05, 4.69) is 57.4 Å². The van der Waals surface area contributed by atoms with Crippen LogP contribution in [0.15, 0.2) is 36.4 Å². The molecule has 3 aromatic rings. The molecule has 2 bridgehead atoms. The molecule has 38 heavy (non-hydrogen) atoms. The number of benzene rings is 2. The fourth-order valence-corrected chi connectivity index (χ4v) is 6.93. The van der Waals surface area contributed by atoms with Crippen LogP contribution in [0.2, 0.25) is 0 Å². The van der Waals surface area contributed by atoms with Gasteiger partial charge in [-0.15, -0.1) is 0 Å². The molecule has 4 aliphatic rings. The number of aromatic nitrogens is 2. The quantitative estimate of drug-likeness (QED) is 0.560. The summed E-state index contributed by atoms with van der Waals surface area (Å²) in [5.41, 5.74) is 4.12. The normalized spacial score (nSPS) is 25.0. The Hall–Kier alpha value is -3.41. The molecule has 8 nitrogen and oxygen atoms in total. The van der Waals surface area contributed by atoms with Gasteiger partial charge in [-0.2, -0.15) is 15.2 Å². The zero-order chi connectivity index (χ0) is 25.6. The Morgan fingerprint density at radius 3 is 2.61 bits per heavy atom. The monoisotopic (exact) mass is 509 g/mol. The molecule has 3 saturated heterocycles. The molecule has 196 valence electrons. The number of ether oxygens (including phenoxy) is 1. The Balaban J connectivity index is 1.24.